The van der Waals surface area contributed by atoms with Gasteiger partial charge in [0.2, 0.25) is 11.7 Å². The molecule has 0 aliphatic carbocycles. The lowest BCUT2D eigenvalue weighted by molar-refractivity contribution is 0.0958. The zero-order valence-corrected chi connectivity index (χ0v) is 16.8. The summed E-state index contributed by atoms with van der Waals surface area (Å²) < 4.78 is 43.8. The van der Waals surface area contributed by atoms with Crippen LogP contribution >= 0.6 is 0 Å². The first kappa shape index (κ1) is 20.1. The van der Waals surface area contributed by atoms with Crippen molar-refractivity contribution >= 4 is 21.5 Å². The van der Waals surface area contributed by atoms with Gasteiger partial charge in [0.1, 0.15) is 21.9 Å². The Morgan fingerprint density at radius 3 is 2.54 bits per heavy atom. The van der Waals surface area contributed by atoms with E-state index in [1.807, 2.05) is 0 Å². The number of sulfone groups is 1. The molecule has 2 N–H and O–H groups in total. The van der Waals surface area contributed by atoms with Crippen molar-refractivity contribution in [3.63, 3.8) is 0 Å². The maximum atomic E-state index is 14.6. The fraction of sp³-hybridized carbons (Fsp3) is 0.444. The molecule has 0 fully saturated rings. The van der Waals surface area contributed by atoms with Gasteiger partial charge < -0.3 is 10.2 Å². The second-order valence-electron chi connectivity index (χ2n) is 7.58. The zero-order chi connectivity index (χ0) is 20.9. The lowest BCUT2D eigenvalue weighted by Gasteiger charge is -2.38. The number of carbonyl (C=O) groups excluding carboxylic acids is 1. The van der Waals surface area contributed by atoms with E-state index in [2.05, 4.69) is 15.2 Å². The van der Waals surface area contributed by atoms with Gasteiger partial charge in [-0.05, 0) is 38.5 Å². The molecule has 2 heterocycles. The van der Waals surface area contributed by atoms with Crippen molar-refractivity contribution in [1.82, 2.24) is 10.2 Å². The monoisotopic (exact) mass is 408 g/mol. The second-order valence-corrected chi connectivity index (χ2v) is 10.1. The van der Waals surface area contributed by atoms with E-state index in [1.54, 1.807) is 6.92 Å². The molecule has 1 aromatic heterocycles. The van der Waals surface area contributed by atoms with E-state index in [1.165, 1.54) is 39.0 Å². The Morgan fingerprint density at radius 1 is 1.29 bits per heavy atom. The third kappa shape index (κ3) is 3.32. The van der Waals surface area contributed by atoms with Crippen LogP contribution < -0.4 is 5.73 Å². The number of halogens is 1. The minimum Gasteiger partial charge on any atom is -0.419 e. The summed E-state index contributed by atoms with van der Waals surface area (Å²) in [5.74, 6) is -1.41. The summed E-state index contributed by atoms with van der Waals surface area (Å²) in [5.41, 5.74) is 5.04. The van der Waals surface area contributed by atoms with E-state index in [9.17, 15) is 17.6 Å². The quantitative estimate of drug-likeness (QED) is 0.763. The average molecular weight is 408 g/mol. The first-order valence-corrected chi connectivity index (χ1v) is 10.2. The molecule has 28 heavy (non-hydrogen) atoms. The van der Waals surface area contributed by atoms with Gasteiger partial charge in [0, 0.05) is 18.9 Å². The van der Waals surface area contributed by atoms with Gasteiger partial charge in [-0.15, -0.1) is 10.2 Å². The number of nitrogens with zero attached hydrogens (tertiary/aromatic N) is 3. The number of rotatable bonds is 4. The fourth-order valence-electron chi connectivity index (χ4n) is 3.05. The van der Waals surface area contributed by atoms with Crippen LogP contribution in [0, 0.1) is 12.7 Å². The maximum Gasteiger partial charge on any atom is 0.284 e. The molecule has 1 aliphatic heterocycles. The Hall–Kier alpha value is -2.62. The first-order chi connectivity index (χ1) is 12.9. The van der Waals surface area contributed by atoms with Crippen LogP contribution in [0.2, 0.25) is 0 Å². The number of benzene rings is 1. The Kier molecular flexibility index (Phi) is 4.65. The molecular weight excluding hydrogens is 387 g/mol. The molecule has 0 radical (unpaired) electrons. The van der Waals surface area contributed by atoms with Crippen LogP contribution in [0.1, 0.15) is 48.5 Å². The number of ketones is 1. The zero-order valence-electron chi connectivity index (χ0n) is 16.0. The number of carbonyl (C=O) groups is 1. The number of amidine groups is 1. The van der Waals surface area contributed by atoms with E-state index in [0.717, 1.165) is 0 Å². The number of aliphatic imine (C=N–C) groups is 1. The normalized spacial score (nSPS) is 23.2. The molecule has 1 aromatic carbocycles. The van der Waals surface area contributed by atoms with Gasteiger partial charge in [-0.25, -0.2) is 12.8 Å². The fourth-order valence-corrected chi connectivity index (χ4v) is 4.73. The van der Waals surface area contributed by atoms with Crippen molar-refractivity contribution in [2.75, 3.05) is 5.75 Å². The van der Waals surface area contributed by atoms with Crippen LogP contribution in [-0.2, 0) is 21.8 Å². The number of Topliss-reactive ketones (excluding diaryl/α,β-unsaturated/α-hetero) is 1. The highest BCUT2D eigenvalue weighted by Gasteiger charge is 2.49. The second kappa shape index (κ2) is 6.47. The largest absolute Gasteiger partial charge is 0.419 e. The Labute approximate surface area is 162 Å². The van der Waals surface area contributed by atoms with Gasteiger partial charge in [-0.2, -0.15) is 0 Å². The highest BCUT2D eigenvalue weighted by atomic mass is 32.2. The molecule has 0 bridgehead atoms. The van der Waals surface area contributed by atoms with Crippen LogP contribution in [0.4, 0.5) is 4.39 Å². The highest BCUT2D eigenvalue weighted by molar-refractivity contribution is 7.93. The molecule has 3 rings (SSSR count). The average Bonchev–Trinajstić information content (AvgIpc) is 3.01. The molecule has 10 heteroatoms. The van der Waals surface area contributed by atoms with Crippen molar-refractivity contribution < 1.29 is 22.0 Å². The minimum atomic E-state index is -3.68. The molecule has 1 atom stereocenters. The SMILES string of the molecule is Cc1nnc(C(=O)Cc2ccc(F)c([C@]3(C)CS(=O)(=O)C(C)(C)C(N)=N3)c2)o1. The molecular formula is C18H21FN4O4S. The Bertz CT molecular complexity index is 1090. The topological polar surface area (TPSA) is 129 Å². The predicted molar refractivity (Wildman–Crippen MR) is 100 cm³/mol. The van der Waals surface area contributed by atoms with E-state index >= 15 is 0 Å². The van der Waals surface area contributed by atoms with Gasteiger partial charge >= 0.3 is 0 Å². The number of hydrogen-bond acceptors (Lipinski definition) is 8. The van der Waals surface area contributed by atoms with Crippen LogP contribution in [0.15, 0.2) is 27.6 Å². The molecule has 0 spiro atoms. The van der Waals surface area contributed by atoms with Gasteiger partial charge in [-0.1, -0.05) is 6.07 Å². The Balaban J connectivity index is 2.00. The van der Waals surface area contributed by atoms with Crippen molar-refractivity contribution in [2.24, 2.45) is 10.7 Å². The highest BCUT2D eigenvalue weighted by Crippen LogP contribution is 2.38. The molecule has 0 amide bonds. The van der Waals surface area contributed by atoms with E-state index < -0.39 is 37.5 Å². The maximum absolute atomic E-state index is 14.6. The van der Waals surface area contributed by atoms with Crippen LogP contribution in [0.3, 0.4) is 0 Å². The van der Waals surface area contributed by atoms with Gasteiger partial charge in [0.05, 0.1) is 5.75 Å². The smallest absolute Gasteiger partial charge is 0.284 e. The van der Waals surface area contributed by atoms with Gasteiger partial charge in [0.25, 0.3) is 5.89 Å². The lowest BCUT2D eigenvalue weighted by Crippen LogP contribution is -2.55. The summed E-state index contributed by atoms with van der Waals surface area (Å²) >= 11 is 0. The van der Waals surface area contributed by atoms with Gasteiger partial charge in [-0.3, -0.25) is 9.79 Å². The number of nitrogens with two attached hydrogens (primary N) is 1. The molecule has 1 aliphatic rings. The van der Waals surface area contributed by atoms with E-state index in [0.29, 0.717) is 5.56 Å². The number of aryl methyl sites for hydroxylation is 1. The van der Waals surface area contributed by atoms with Crippen molar-refractivity contribution in [2.45, 2.75) is 44.4 Å². The summed E-state index contributed by atoms with van der Waals surface area (Å²) in [6, 6.07) is 4.05. The third-order valence-electron chi connectivity index (χ3n) is 4.97. The van der Waals surface area contributed by atoms with Crippen molar-refractivity contribution in [1.29, 1.82) is 0 Å². The molecule has 0 unspecified atom stereocenters. The standard InChI is InChI=1S/C18H21FN4O4S/c1-10-22-23-15(27-10)14(24)8-11-5-6-13(19)12(7-11)18(4)9-28(25,26)17(2,3)16(20)21-18/h5-7H,8-9H2,1-4H3,(H2,20,21)/t18-/m0/s1. The molecule has 0 saturated heterocycles. The number of aromatic nitrogens is 2. The van der Waals surface area contributed by atoms with Crippen molar-refractivity contribution in [3.05, 3.63) is 46.9 Å². The van der Waals surface area contributed by atoms with Gasteiger partial charge in [0.15, 0.2) is 9.84 Å². The van der Waals surface area contributed by atoms with E-state index in [4.69, 9.17) is 10.2 Å². The number of hydrogen-bond donors (Lipinski definition) is 1. The lowest BCUT2D eigenvalue weighted by atomic mass is 9.91. The minimum absolute atomic E-state index is 0.0570. The van der Waals surface area contributed by atoms with Crippen LogP contribution in [0.5, 0.6) is 0 Å². The Morgan fingerprint density at radius 2 is 1.96 bits per heavy atom. The molecule has 2 aromatic rings. The van der Waals surface area contributed by atoms with Crippen LogP contribution in [-0.4, -0.2) is 40.7 Å². The van der Waals surface area contributed by atoms with Crippen LogP contribution in [0.25, 0.3) is 0 Å². The first-order valence-electron chi connectivity index (χ1n) is 8.56. The molecule has 150 valence electrons. The van der Waals surface area contributed by atoms with E-state index in [-0.39, 0.29) is 29.6 Å². The third-order valence-corrected chi connectivity index (χ3v) is 7.68. The predicted octanol–water partition coefficient (Wildman–Crippen LogP) is 1.72. The summed E-state index contributed by atoms with van der Waals surface area (Å²) in [6.07, 6.45) is -0.109. The summed E-state index contributed by atoms with van der Waals surface area (Å²) in [4.78, 5) is 16.6. The molecule has 0 saturated carbocycles. The summed E-state index contributed by atoms with van der Waals surface area (Å²) in [6.45, 7) is 6.02. The van der Waals surface area contributed by atoms with Crippen molar-refractivity contribution in [3.8, 4) is 0 Å². The molecule has 8 nitrogen and oxygen atoms in total. The summed E-state index contributed by atoms with van der Waals surface area (Å²) in [5, 5.41) is 7.28. The summed E-state index contributed by atoms with van der Waals surface area (Å²) in [7, 11) is -3.68.